The molecule has 1 aromatic rings. The predicted molar refractivity (Wildman–Crippen MR) is 47.6 cm³/mol. The van der Waals surface area contributed by atoms with E-state index in [1.807, 2.05) is 6.07 Å². The number of hydrogen-bond acceptors (Lipinski definition) is 2. The number of allylic oxidation sites excluding steroid dienone is 1. The van der Waals surface area contributed by atoms with Gasteiger partial charge >= 0.3 is 0 Å². The second kappa shape index (κ2) is 3.57. The van der Waals surface area contributed by atoms with Crippen molar-refractivity contribution < 1.29 is 4.52 Å². The molecule has 1 saturated carbocycles. The molecule has 1 aromatic heterocycles. The Balaban J connectivity index is 2.07. The highest BCUT2D eigenvalue weighted by molar-refractivity contribution is 5.46. The largest absolute Gasteiger partial charge is 0.357 e. The summed E-state index contributed by atoms with van der Waals surface area (Å²) in [7, 11) is 0. The summed E-state index contributed by atoms with van der Waals surface area (Å²) in [4.78, 5) is 0. The standard InChI is InChI=1S/C10H13NO/c1-2-4-9(5-3-1)8-10-6-7-11-12-10/h6-8H,1-5H2. The zero-order chi connectivity index (χ0) is 8.23. The van der Waals surface area contributed by atoms with Crippen molar-refractivity contribution in [1.29, 1.82) is 0 Å². The maximum atomic E-state index is 5.01. The first kappa shape index (κ1) is 7.59. The highest BCUT2D eigenvalue weighted by atomic mass is 16.5. The van der Waals surface area contributed by atoms with Gasteiger partial charge in [-0.1, -0.05) is 17.2 Å². The molecule has 2 rings (SSSR count). The molecule has 0 N–H and O–H groups in total. The van der Waals surface area contributed by atoms with Crippen LogP contribution in [0.15, 0.2) is 22.4 Å². The van der Waals surface area contributed by atoms with Crippen molar-refractivity contribution >= 4 is 6.08 Å². The van der Waals surface area contributed by atoms with Crippen LogP contribution in [0.3, 0.4) is 0 Å². The molecule has 0 amide bonds. The average molecular weight is 163 g/mol. The van der Waals surface area contributed by atoms with Crippen LogP contribution in [0.1, 0.15) is 37.9 Å². The highest BCUT2D eigenvalue weighted by Gasteiger charge is 2.05. The monoisotopic (exact) mass is 163 g/mol. The minimum absolute atomic E-state index is 0.895. The summed E-state index contributed by atoms with van der Waals surface area (Å²) in [6.45, 7) is 0. The van der Waals surface area contributed by atoms with Crippen molar-refractivity contribution in [2.75, 3.05) is 0 Å². The maximum Gasteiger partial charge on any atom is 0.159 e. The Morgan fingerprint density at radius 1 is 1.25 bits per heavy atom. The van der Waals surface area contributed by atoms with Gasteiger partial charge in [-0.15, -0.1) is 0 Å². The van der Waals surface area contributed by atoms with Gasteiger partial charge in [0.2, 0.25) is 0 Å². The van der Waals surface area contributed by atoms with E-state index in [1.54, 1.807) is 6.20 Å². The van der Waals surface area contributed by atoms with Crippen molar-refractivity contribution in [2.24, 2.45) is 0 Å². The fourth-order valence-corrected chi connectivity index (χ4v) is 1.65. The van der Waals surface area contributed by atoms with E-state index >= 15 is 0 Å². The fourth-order valence-electron chi connectivity index (χ4n) is 1.65. The zero-order valence-corrected chi connectivity index (χ0v) is 7.12. The van der Waals surface area contributed by atoms with E-state index in [-0.39, 0.29) is 0 Å². The Bertz CT molecular complexity index is 253. The molecule has 2 heteroatoms. The van der Waals surface area contributed by atoms with Gasteiger partial charge in [-0.05, 0) is 31.8 Å². The van der Waals surface area contributed by atoms with Crippen molar-refractivity contribution in [3.8, 4) is 0 Å². The first-order valence-electron chi connectivity index (χ1n) is 4.55. The van der Waals surface area contributed by atoms with Gasteiger partial charge in [0.15, 0.2) is 5.76 Å². The summed E-state index contributed by atoms with van der Waals surface area (Å²) >= 11 is 0. The lowest BCUT2D eigenvalue weighted by Gasteiger charge is -2.12. The van der Waals surface area contributed by atoms with Crippen molar-refractivity contribution in [3.63, 3.8) is 0 Å². The van der Waals surface area contributed by atoms with Crippen LogP contribution in [0.2, 0.25) is 0 Å². The summed E-state index contributed by atoms with van der Waals surface area (Å²) in [5.74, 6) is 0.895. The molecule has 12 heavy (non-hydrogen) atoms. The smallest absolute Gasteiger partial charge is 0.159 e. The van der Waals surface area contributed by atoms with Crippen molar-refractivity contribution in [3.05, 3.63) is 23.6 Å². The van der Waals surface area contributed by atoms with Crippen LogP contribution in [0.25, 0.3) is 6.08 Å². The Hall–Kier alpha value is -1.05. The van der Waals surface area contributed by atoms with Crippen LogP contribution in [-0.4, -0.2) is 5.16 Å². The van der Waals surface area contributed by atoms with E-state index in [4.69, 9.17) is 4.52 Å². The van der Waals surface area contributed by atoms with Crippen LogP contribution in [0.5, 0.6) is 0 Å². The Morgan fingerprint density at radius 3 is 2.75 bits per heavy atom. The third kappa shape index (κ3) is 1.76. The molecular formula is C10H13NO. The highest BCUT2D eigenvalue weighted by Crippen LogP contribution is 2.24. The second-order valence-corrected chi connectivity index (χ2v) is 3.28. The van der Waals surface area contributed by atoms with Crippen LogP contribution in [-0.2, 0) is 0 Å². The first-order valence-corrected chi connectivity index (χ1v) is 4.55. The zero-order valence-electron chi connectivity index (χ0n) is 7.12. The quantitative estimate of drug-likeness (QED) is 0.636. The van der Waals surface area contributed by atoms with Gasteiger partial charge < -0.3 is 4.52 Å². The molecule has 0 bridgehead atoms. The summed E-state index contributed by atoms with van der Waals surface area (Å²) in [6, 6.07) is 1.90. The van der Waals surface area contributed by atoms with Gasteiger partial charge in [0.1, 0.15) is 0 Å². The summed E-state index contributed by atoms with van der Waals surface area (Å²) in [5, 5.41) is 3.67. The van der Waals surface area contributed by atoms with E-state index in [0.717, 1.165) is 5.76 Å². The van der Waals surface area contributed by atoms with Gasteiger partial charge in [0, 0.05) is 6.07 Å². The lowest BCUT2D eigenvalue weighted by molar-refractivity contribution is 0.412. The van der Waals surface area contributed by atoms with Gasteiger partial charge in [-0.25, -0.2) is 0 Å². The van der Waals surface area contributed by atoms with Crippen molar-refractivity contribution in [2.45, 2.75) is 32.1 Å². The fraction of sp³-hybridized carbons (Fsp3) is 0.500. The number of rotatable bonds is 1. The molecule has 1 heterocycles. The predicted octanol–water partition coefficient (Wildman–Crippen LogP) is 3.02. The minimum atomic E-state index is 0.895. The van der Waals surface area contributed by atoms with E-state index in [9.17, 15) is 0 Å². The molecule has 2 nitrogen and oxygen atoms in total. The molecular weight excluding hydrogens is 150 g/mol. The number of nitrogens with zero attached hydrogens (tertiary/aromatic N) is 1. The molecule has 1 fully saturated rings. The van der Waals surface area contributed by atoms with Gasteiger partial charge in [0.05, 0.1) is 6.20 Å². The van der Waals surface area contributed by atoms with Crippen LogP contribution in [0.4, 0.5) is 0 Å². The lowest BCUT2D eigenvalue weighted by atomic mass is 9.94. The topological polar surface area (TPSA) is 26.0 Å². The van der Waals surface area contributed by atoms with Crippen LogP contribution < -0.4 is 0 Å². The SMILES string of the molecule is C(=C1CCCCC1)c1ccno1. The van der Waals surface area contributed by atoms with Crippen LogP contribution in [0, 0.1) is 0 Å². The Morgan fingerprint density at radius 2 is 2.08 bits per heavy atom. The summed E-state index contributed by atoms with van der Waals surface area (Å²) < 4.78 is 5.01. The molecule has 1 aliphatic rings. The molecule has 0 atom stereocenters. The second-order valence-electron chi connectivity index (χ2n) is 3.28. The lowest BCUT2D eigenvalue weighted by Crippen LogP contribution is -1.92. The maximum absolute atomic E-state index is 5.01. The molecule has 0 saturated heterocycles. The summed E-state index contributed by atoms with van der Waals surface area (Å²) in [5.41, 5.74) is 1.51. The Labute approximate surface area is 72.3 Å². The summed E-state index contributed by atoms with van der Waals surface area (Å²) in [6.07, 6.45) is 10.3. The molecule has 0 aromatic carbocycles. The van der Waals surface area contributed by atoms with E-state index in [2.05, 4.69) is 11.2 Å². The first-order chi connectivity index (χ1) is 5.95. The normalized spacial score (nSPS) is 17.8. The molecule has 0 spiro atoms. The van der Waals surface area contributed by atoms with E-state index in [0.29, 0.717) is 0 Å². The molecule has 0 unspecified atom stereocenters. The van der Waals surface area contributed by atoms with Gasteiger partial charge in [0.25, 0.3) is 0 Å². The van der Waals surface area contributed by atoms with E-state index in [1.165, 1.54) is 37.7 Å². The van der Waals surface area contributed by atoms with E-state index < -0.39 is 0 Å². The van der Waals surface area contributed by atoms with Crippen LogP contribution >= 0.6 is 0 Å². The number of aromatic nitrogens is 1. The molecule has 0 radical (unpaired) electrons. The average Bonchev–Trinajstić information content (AvgIpc) is 2.59. The van der Waals surface area contributed by atoms with Gasteiger partial charge in [-0.2, -0.15) is 0 Å². The molecule has 1 aliphatic carbocycles. The number of hydrogen-bond donors (Lipinski definition) is 0. The Kier molecular flexibility index (Phi) is 2.26. The van der Waals surface area contributed by atoms with Crippen molar-refractivity contribution in [1.82, 2.24) is 5.16 Å². The minimum Gasteiger partial charge on any atom is -0.357 e. The van der Waals surface area contributed by atoms with Gasteiger partial charge in [-0.3, -0.25) is 0 Å². The third-order valence-electron chi connectivity index (χ3n) is 2.30. The molecule has 0 aliphatic heterocycles. The molecule has 64 valence electrons. The third-order valence-corrected chi connectivity index (χ3v) is 2.30.